The van der Waals surface area contributed by atoms with Gasteiger partial charge in [-0.3, -0.25) is 9.78 Å². The van der Waals surface area contributed by atoms with E-state index in [2.05, 4.69) is 22.4 Å². The summed E-state index contributed by atoms with van der Waals surface area (Å²) in [5, 5.41) is 12.9. The highest BCUT2D eigenvalue weighted by Crippen LogP contribution is 2.32. The molecule has 4 rings (SSSR count). The van der Waals surface area contributed by atoms with E-state index >= 15 is 0 Å². The van der Waals surface area contributed by atoms with Gasteiger partial charge >= 0.3 is 0 Å². The van der Waals surface area contributed by atoms with Crippen molar-refractivity contribution in [2.24, 2.45) is 5.92 Å². The van der Waals surface area contributed by atoms with E-state index in [1.54, 1.807) is 12.4 Å². The molecule has 130 valence electrons. The minimum absolute atomic E-state index is 0.00449. The van der Waals surface area contributed by atoms with Gasteiger partial charge in [0.15, 0.2) is 0 Å². The maximum absolute atomic E-state index is 12.8. The molecule has 0 radical (unpaired) electrons. The number of aryl methyl sites for hydroxylation is 2. The Bertz CT molecular complexity index is 754. The van der Waals surface area contributed by atoms with Gasteiger partial charge in [-0.25, -0.2) is 0 Å². The Hall–Kier alpha value is -2.20. The highest BCUT2D eigenvalue weighted by atomic mass is 16.3. The molecule has 1 amide bonds. The number of aliphatic hydroxyl groups is 1. The summed E-state index contributed by atoms with van der Waals surface area (Å²) < 4.78 is 0. The van der Waals surface area contributed by atoms with Crippen molar-refractivity contribution < 1.29 is 9.90 Å². The van der Waals surface area contributed by atoms with Crippen LogP contribution in [0.15, 0.2) is 42.7 Å². The SMILES string of the molecule is O=C(NC(Cc1ccncc1)C1CC(O)C1)c1ccc2c(c1)CCC2. The van der Waals surface area contributed by atoms with Gasteiger partial charge in [0.2, 0.25) is 0 Å². The quantitative estimate of drug-likeness (QED) is 0.882. The predicted molar refractivity (Wildman–Crippen MR) is 96.4 cm³/mol. The van der Waals surface area contributed by atoms with E-state index in [1.165, 1.54) is 17.5 Å². The number of hydrogen-bond acceptors (Lipinski definition) is 3. The van der Waals surface area contributed by atoms with Crippen LogP contribution in [-0.2, 0) is 19.3 Å². The minimum Gasteiger partial charge on any atom is -0.393 e. The molecule has 2 aliphatic carbocycles. The highest BCUT2D eigenvalue weighted by molar-refractivity contribution is 5.94. The zero-order valence-corrected chi connectivity index (χ0v) is 14.3. The Morgan fingerprint density at radius 2 is 1.92 bits per heavy atom. The van der Waals surface area contributed by atoms with Crippen LogP contribution in [-0.4, -0.2) is 28.1 Å². The number of amides is 1. The molecule has 0 bridgehead atoms. The summed E-state index contributed by atoms with van der Waals surface area (Å²) in [6, 6.07) is 10.1. The monoisotopic (exact) mass is 336 g/mol. The van der Waals surface area contributed by atoms with Crippen molar-refractivity contribution in [2.45, 2.75) is 50.7 Å². The molecule has 1 fully saturated rings. The molecule has 1 aromatic heterocycles. The number of nitrogens with zero attached hydrogens (tertiary/aromatic N) is 1. The lowest BCUT2D eigenvalue weighted by molar-refractivity contribution is 0.0239. The average molecular weight is 336 g/mol. The molecule has 0 spiro atoms. The second-order valence-corrected chi connectivity index (χ2v) is 7.36. The van der Waals surface area contributed by atoms with Crippen molar-refractivity contribution in [3.63, 3.8) is 0 Å². The van der Waals surface area contributed by atoms with E-state index in [9.17, 15) is 9.90 Å². The first kappa shape index (κ1) is 16.3. The second-order valence-electron chi connectivity index (χ2n) is 7.36. The average Bonchev–Trinajstić information content (AvgIpc) is 3.07. The number of benzene rings is 1. The number of carbonyl (C=O) groups excluding carboxylic acids is 1. The molecule has 4 nitrogen and oxygen atoms in total. The normalized spacial score (nSPS) is 22.8. The fourth-order valence-corrected chi connectivity index (χ4v) is 4.03. The van der Waals surface area contributed by atoms with E-state index in [0.29, 0.717) is 5.92 Å². The zero-order valence-electron chi connectivity index (χ0n) is 14.3. The van der Waals surface area contributed by atoms with Crippen molar-refractivity contribution in [2.75, 3.05) is 0 Å². The highest BCUT2D eigenvalue weighted by Gasteiger charge is 2.35. The van der Waals surface area contributed by atoms with Crippen LogP contribution in [0.2, 0.25) is 0 Å². The Labute approximate surface area is 148 Å². The Balaban J connectivity index is 1.48. The van der Waals surface area contributed by atoms with Gasteiger partial charge in [0, 0.05) is 24.0 Å². The summed E-state index contributed by atoms with van der Waals surface area (Å²) in [5.74, 6) is 0.330. The van der Waals surface area contributed by atoms with Crippen LogP contribution in [0.5, 0.6) is 0 Å². The first-order valence-corrected chi connectivity index (χ1v) is 9.18. The summed E-state index contributed by atoms with van der Waals surface area (Å²) in [7, 11) is 0. The number of fused-ring (bicyclic) bond motifs is 1. The standard InChI is InChI=1S/C21H24N2O2/c24-19-12-18(13-19)20(10-14-6-8-22-9-7-14)23-21(25)17-5-4-15-2-1-3-16(15)11-17/h4-9,11,18-20,24H,1-3,10,12-13H2,(H,23,25). The van der Waals surface area contributed by atoms with Gasteiger partial charge in [-0.15, -0.1) is 0 Å². The van der Waals surface area contributed by atoms with E-state index in [1.807, 2.05) is 18.2 Å². The van der Waals surface area contributed by atoms with Gasteiger partial charge < -0.3 is 10.4 Å². The van der Waals surface area contributed by atoms with E-state index in [4.69, 9.17) is 0 Å². The van der Waals surface area contributed by atoms with E-state index in [0.717, 1.165) is 43.2 Å². The Morgan fingerprint density at radius 1 is 1.16 bits per heavy atom. The van der Waals surface area contributed by atoms with Crippen LogP contribution in [0.3, 0.4) is 0 Å². The Kier molecular flexibility index (Phi) is 4.53. The number of rotatable bonds is 5. The van der Waals surface area contributed by atoms with Crippen LogP contribution >= 0.6 is 0 Å². The van der Waals surface area contributed by atoms with Crippen molar-refractivity contribution in [3.8, 4) is 0 Å². The first-order valence-electron chi connectivity index (χ1n) is 9.18. The maximum atomic E-state index is 12.8. The molecular formula is C21H24N2O2. The van der Waals surface area contributed by atoms with E-state index < -0.39 is 0 Å². The van der Waals surface area contributed by atoms with Crippen LogP contribution in [0.1, 0.15) is 46.3 Å². The summed E-state index contributed by atoms with van der Waals surface area (Å²) in [6.45, 7) is 0. The summed E-state index contributed by atoms with van der Waals surface area (Å²) >= 11 is 0. The summed E-state index contributed by atoms with van der Waals surface area (Å²) in [6.07, 6.45) is 9.03. The molecule has 25 heavy (non-hydrogen) atoms. The number of hydrogen-bond donors (Lipinski definition) is 2. The third-order valence-corrected chi connectivity index (χ3v) is 5.60. The van der Waals surface area contributed by atoms with Crippen molar-refractivity contribution >= 4 is 5.91 Å². The molecule has 1 heterocycles. The van der Waals surface area contributed by atoms with Crippen LogP contribution in [0, 0.1) is 5.92 Å². The number of pyridine rings is 1. The van der Waals surface area contributed by atoms with Crippen LogP contribution in [0.25, 0.3) is 0 Å². The molecule has 1 unspecified atom stereocenters. The first-order chi connectivity index (χ1) is 12.2. The van der Waals surface area contributed by atoms with Crippen LogP contribution in [0.4, 0.5) is 0 Å². The smallest absolute Gasteiger partial charge is 0.251 e. The molecule has 1 aromatic carbocycles. The molecule has 2 aromatic rings. The molecule has 2 aliphatic rings. The van der Waals surface area contributed by atoms with Gasteiger partial charge in [-0.2, -0.15) is 0 Å². The van der Waals surface area contributed by atoms with Gasteiger partial charge in [0.1, 0.15) is 0 Å². The van der Waals surface area contributed by atoms with Crippen molar-refractivity contribution in [3.05, 3.63) is 65.0 Å². The van der Waals surface area contributed by atoms with Crippen molar-refractivity contribution in [1.82, 2.24) is 10.3 Å². The third-order valence-electron chi connectivity index (χ3n) is 5.60. The summed E-state index contributed by atoms with van der Waals surface area (Å²) in [4.78, 5) is 16.8. The molecule has 2 N–H and O–H groups in total. The molecule has 0 aliphatic heterocycles. The molecular weight excluding hydrogens is 312 g/mol. The van der Waals surface area contributed by atoms with Gasteiger partial charge in [-0.1, -0.05) is 6.07 Å². The lowest BCUT2D eigenvalue weighted by Gasteiger charge is -2.38. The molecule has 1 atom stereocenters. The summed E-state index contributed by atoms with van der Waals surface area (Å²) in [5.41, 5.74) is 4.61. The van der Waals surface area contributed by atoms with Gasteiger partial charge in [-0.05, 0) is 85.4 Å². The number of aromatic nitrogens is 1. The lowest BCUT2D eigenvalue weighted by atomic mass is 9.75. The number of nitrogens with one attached hydrogen (secondary N) is 1. The number of aliphatic hydroxyl groups excluding tert-OH is 1. The lowest BCUT2D eigenvalue weighted by Crippen LogP contribution is -2.48. The fourth-order valence-electron chi connectivity index (χ4n) is 4.03. The fraction of sp³-hybridized carbons (Fsp3) is 0.429. The molecule has 1 saturated carbocycles. The van der Waals surface area contributed by atoms with E-state index in [-0.39, 0.29) is 18.1 Å². The molecule has 4 heteroatoms. The van der Waals surface area contributed by atoms with Gasteiger partial charge in [0.05, 0.1) is 6.10 Å². The van der Waals surface area contributed by atoms with Gasteiger partial charge in [0.25, 0.3) is 5.91 Å². The maximum Gasteiger partial charge on any atom is 0.251 e. The Morgan fingerprint density at radius 3 is 2.68 bits per heavy atom. The minimum atomic E-state index is -0.221. The predicted octanol–water partition coefficient (Wildman–Crippen LogP) is 2.68. The molecule has 0 saturated heterocycles. The third kappa shape index (κ3) is 3.59. The second kappa shape index (κ2) is 6.96. The van der Waals surface area contributed by atoms with Crippen molar-refractivity contribution in [1.29, 1.82) is 0 Å². The number of carbonyl (C=O) groups is 1. The zero-order chi connectivity index (χ0) is 17.2. The topological polar surface area (TPSA) is 62.2 Å². The largest absolute Gasteiger partial charge is 0.393 e. The van der Waals surface area contributed by atoms with Crippen LogP contribution < -0.4 is 5.32 Å².